The van der Waals surface area contributed by atoms with E-state index < -0.39 is 11.8 Å². The number of thiocarbonyl (C=S) groups is 1. The van der Waals surface area contributed by atoms with E-state index in [1.807, 2.05) is 48.5 Å². The molecule has 43 heavy (non-hydrogen) atoms. The molecule has 1 heterocycles. The van der Waals surface area contributed by atoms with E-state index in [1.54, 1.807) is 55.7 Å². The molecule has 5 aromatic carbocycles. The Bertz CT molecular complexity index is 1820. The number of nitrogens with zero attached hydrogens (tertiary/aromatic N) is 2. The molecule has 1 fully saturated rings. The van der Waals surface area contributed by atoms with Crippen LogP contribution in [0.2, 0.25) is 0 Å². The zero-order chi connectivity index (χ0) is 29.9. The lowest BCUT2D eigenvalue weighted by Crippen LogP contribution is -2.56. The maximum Gasteiger partial charge on any atom is 0.270 e. The molecule has 212 valence electrons. The predicted molar refractivity (Wildman–Crippen MR) is 174 cm³/mol. The summed E-state index contributed by atoms with van der Waals surface area (Å²) in [5, 5.41) is 2.31. The lowest BCUT2D eigenvalue weighted by atomic mass is 10.0. The third-order valence-electron chi connectivity index (χ3n) is 7.45. The van der Waals surface area contributed by atoms with Gasteiger partial charge in [-0.15, -0.1) is 0 Å². The standard InChI is InChI=1S/C36H28N2O4S/c1-24-17-18-25-11-9-10-16-30(25)32(24)23-42-33-22-29(41-2)20-19-26(33)21-31-34(39)37(27-12-5-3-6-13-27)36(43)38(35(31)40)28-14-7-4-8-15-28/h3-22H,23H2,1-2H3. The number of ether oxygens (including phenoxy) is 2. The van der Waals surface area contributed by atoms with Crippen LogP contribution in [0.5, 0.6) is 11.5 Å². The Hall–Kier alpha value is -5.27. The summed E-state index contributed by atoms with van der Waals surface area (Å²) in [5.74, 6) is 0.0386. The van der Waals surface area contributed by atoms with Crippen molar-refractivity contribution < 1.29 is 19.1 Å². The van der Waals surface area contributed by atoms with Gasteiger partial charge < -0.3 is 9.47 Å². The number of aryl methyl sites for hydroxylation is 1. The molecule has 6 nitrogen and oxygen atoms in total. The molecule has 0 aromatic heterocycles. The minimum atomic E-state index is -0.514. The van der Waals surface area contributed by atoms with Crippen LogP contribution < -0.4 is 19.3 Å². The first-order chi connectivity index (χ1) is 21.0. The second-order valence-corrected chi connectivity index (χ2v) is 10.4. The number of para-hydroxylation sites is 2. The molecule has 0 N–H and O–H groups in total. The summed E-state index contributed by atoms with van der Waals surface area (Å²) in [6, 6.07) is 35.8. The summed E-state index contributed by atoms with van der Waals surface area (Å²) in [6.45, 7) is 2.34. The number of methoxy groups -OCH3 is 1. The molecule has 0 atom stereocenters. The quantitative estimate of drug-likeness (QED) is 0.113. The van der Waals surface area contributed by atoms with E-state index in [0.29, 0.717) is 28.4 Å². The van der Waals surface area contributed by atoms with Gasteiger partial charge in [0.25, 0.3) is 11.8 Å². The van der Waals surface area contributed by atoms with Crippen molar-refractivity contribution in [1.82, 2.24) is 0 Å². The van der Waals surface area contributed by atoms with Crippen LogP contribution in [-0.2, 0) is 16.2 Å². The van der Waals surface area contributed by atoms with Crippen LogP contribution in [0.4, 0.5) is 11.4 Å². The zero-order valence-corrected chi connectivity index (χ0v) is 24.5. The van der Waals surface area contributed by atoms with Gasteiger partial charge in [0.15, 0.2) is 5.11 Å². The van der Waals surface area contributed by atoms with Crippen molar-refractivity contribution in [2.45, 2.75) is 13.5 Å². The van der Waals surface area contributed by atoms with Crippen molar-refractivity contribution in [2.24, 2.45) is 0 Å². The number of rotatable bonds is 7. The van der Waals surface area contributed by atoms with Crippen molar-refractivity contribution in [1.29, 1.82) is 0 Å². The van der Waals surface area contributed by atoms with E-state index in [0.717, 1.165) is 21.9 Å². The Labute approximate surface area is 255 Å². The van der Waals surface area contributed by atoms with Crippen molar-refractivity contribution in [3.63, 3.8) is 0 Å². The lowest BCUT2D eigenvalue weighted by Gasteiger charge is -2.36. The minimum Gasteiger partial charge on any atom is -0.497 e. The van der Waals surface area contributed by atoms with E-state index in [-0.39, 0.29) is 17.3 Å². The fourth-order valence-corrected chi connectivity index (χ4v) is 5.54. The highest BCUT2D eigenvalue weighted by molar-refractivity contribution is 7.81. The van der Waals surface area contributed by atoms with Gasteiger partial charge in [-0.2, -0.15) is 0 Å². The minimum absolute atomic E-state index is 0.0438. The highest BCUT2D eigenvalue weighted by Gasteiger charge is 2.41. The summed E-state index contributed by atoms with van der Waals surface area (Å²) >= 11 is 5.73. The maximum absolute atomic E-state index is 14.0. The van der Waals surface area contributed by atoms with Gasteiger partial charge in [0, 0.05) is 17.2 Å². The fourth-order valence-electron chi connectivity index (χ4n) is 5.17. The van der Waals surface area contributed by atoms with Crippen LogP contribution in [0.1, 0.15) is 16.7 Å². The number of benzene rings is 5. The third kappa shape index (κ3) is 5.38. The molecule has 0 aliphatic carbocycles. The van der Waals surface area contributed by atoms with Crippen LogP contribution >= 0.6 is 12.2 Å². The van der Waals surface area contributed by atoms with Gasteiger partial charge in [0.05, 0.1) is 18.5 Å². The second kappa shape index (κ2) is 11.9. The molecule has 0 saturated carbocycles. The molecule has 7 heteroatoms. The monoisotopic (exact) mass is 584 g/mol. The Morgan fingerprint density at radius 1 is 0.744 bits per heavy atom. The van der Waals surface area contributed by atoms with Gasteiger partial charge in [-0.1, -0.05) is 72.8 Å². The molecular weight excluding hydrogens is 556 g/mol. The normalized spacial score (nSPS) is 13.4. The first kappa shape index (κ1) is 27.9. The number of anilines is 2. The van der Waals surface area contributed by atoms with E-state index >= 15 is 0 Å². The lowest BCUT2D eigenvalue weighted by molar-refractivity contribution is -0.120. The van der Waals surface area contributed by atoms with E-state index in [1.165, 1.54) is 9.80 Å². The van der Waals surface area contributed by atoms with Gasteiger partial charge in [0.2, 0.25) is 0 Å². The summed E-state index contributed by atoms with van der Waals surface area (Å²) in [7, 11) is 1.58. The molecule has 0 spiro atoms. The summed E-state index contributed by atoms with van der Waals surface area (Å²) in [6.07, 6.45) is 1.57. The van der Waals surface area contributed by atoms with Crippen LogP contribution in [0.15, 0.2) is 121 Å². The number of carbonyl (C=O) groups excluding carboxylic acids is 2. The molecule has 1 saturated heterocycles. The van der Waals surface area contributed by atoms with Gasteiger partial charge in [-0.25, -0.2) is 0 Å². The van der Waals surface area contributed by atoms with Crippen LogP contribution in [0, 0.1) is 6.92 Å². The number of carbonyl (C=O) groups is 2. The molecule has 0 bridgehead atoms. The van der Waals surface area contributed by atoms with E-state index in [9.17, 15) is 9.59 Å². The van der Waals surface area contributed by atoms with Gasteiger partial charge in [-0.05, 0) is 78.0 Å². The van der Waals surface area contributed by atoms with Crippen LogP contribution in [-0.4, -0.2) is 24.0 Å². The average molecular weight is 585 g/mol. The molecule has 1 aliphatic rings. The molecule has 0 radical (unpaired) electrons. The molecule has 1 aliphatic heterocycles. The highest BCUT2D eigenvalue weighted by Crippen LogP contribution is 2.33. The number of hydrogen-bond acceptors (Lipinski definition) is 5. The SMILES string of the molecule is COc1ccc(C=C2C(=O)N(c3ccccc3)C(=S)N(c3ccccc3)C2=O)c(OCc2c(C)ccc3ccccc23)c1. The van der Waals surface area contributed by atoms with Crippen molar-refractivity contribution in [3.05, 3.63) is 138 Å². The first-order valence-electron chi connectivity index (χ1n) is 13.8. The number of fused-ring (bicyclic) bond motifs is 1. The summed E-state index contributed by atoms with van der Waals surface area (Å²) in [5.41, 5.74) is 3.80. The molecule has 5 aromatic rings. The highest BCUT2D eigenvalue weighted by atomic mass is 32.1. The topological polar surface area (TPSA) is 59.1 Å². The van der Waals surface area contributed by atoms with E-state index in [2.05, 4.69) is 31.2 Å². The molecule has 0 unspecified atom stereocenters. The Morgan fingerprint density at radius 3 is 1.98 bits per heavy atom. The average Bonchev–Trinajstić information content (AvgIpc) is 3.04. The third-order valence-corrected chi connectivity index (χ3v) is 7.81. The Balaban J connectivity index is 1.43. The second-order valence-electron chi connectivity index (χ2n) is 10.1. The van der Waals surface area contributed by atoms with Gasteiger partial charge in [-0.3, -0.25) is 19.4 Å². The van der Waals surface area contributed by atoms with Gasteiger partial charge >= 0.3 is 0 Å². The summed E-state index contributed by atoms with van der Waals surface area (Å²) in [4.78, 5) is 30.8. The smallest absolute Gasteiger partial charge is 0.270 e. The van der Waals surface area contributed by atoms with Crippen molar-refractivity contribution in [3.8, 4) is 11.5 Å². The molecular formula is C36H28N2O4S. The molecule has 2 amide bonds. The van der Waals surface area contributed by atoms with Crippen LogP contribution in [0.25, 0.3) is 16.8 Å². The van der Waals surface area contributed by atoms with Crippen LogP contribution in [0.3, 0.4) is 0 Å². The fraction of sp³-hybridized carbons (Fsp3) is 0.0833. The van der Waals surface area contributed by atoms with Crippen molar-refractivity contribution in [2.75, 3.05) is 16.9 Å². The molecule has 6 rings (SSSR count). The largest absolute Gasteiger partial charge is 0.497 e. The number of hydrogen-bond donors (Lipinski definition) is 0. The first-order valence-corrected chi connectivity index (χ1v) is 14.2. The van der Waals surface area contributed by atoms with E-state index in [4.69, 9.17) is 21.7 Å². The van der Waals surface area contributed by atoms with Crippen molar-refractivity contribution >= 4 is 57.4 Å². The maximum atomic E-state index is 14.0. The predicted octanol–water partition coefficient (Wildman–Crippen LogP) is 7.48. The Morgan fingerprint density at radius 2 is 1.35 bits per heavy atom. The zero-order valence-electron chi connectivity index (χ0n) is 23.7. The Kier molecular flexibility index (Phi) is 7.73. The van der Waals surface area contributed by atoms with Gasteiger partial charge in [0.1, 0.15) is 23.7 Å². The number of amides is 2. The summed E-state index contributed by atoms with van der Waals surface area (Å²) < 4.78 is 11.9.